The van der Waals surface area contributed by atoms with E-state index in [1.807, 2.05) is 24.5 Å². The quantitative estimate of drug-likeness (QED) is 0.357. The van der Waals surface area contributed by atoms with Crippen LogP contribution in [0.15, 0.2) is 48.0 Å². The van der Waals surface area contributed by atoms with Gasteiger partial charge in [-0.15, -0.1) is 6.58 Å². The molecule has 0 atom stereocenters. The van der Waals surface area contributed by atoms with Crippen molar-refractivity contribution in [2.24, 2.45) is 4.99 Å². The van der Waals surface area contributed by atoms with E-state index in [1.54, 1.807) is 6.08 Å². The maximum atomic E-state index is 12.7. The lowest BCUT2D eigenvalue weighted by Gasteiger charge is -2.05. The Kier molecular flexibility index (Phi) is 5.25. The number of carbonyl (C=O) groups is 1. The first kappa shape index (κ1) is 19.0. The fourth-order valence-corrected chi connectivity index (χ4v) is 4.33. The smallest absolute Gasteiger partial charge is 0.281 e. The van der Waals surface area contributed by atoms with E-state index in [9.17, 15) is 14.9 Å². The third-order valence-corrected chi connectivity index (χ3v) is 5.37. The molecule has 1 heterocycles. The number of non-ortho nitro benzene ring substituents is 1. The standard InChI is InChI=1S/C19H16ClN3O3S/c1-4-7-22-17-12(3)8-11(2)9-16(17)27-19(22)21-18(24)14-10-13(23(25)26)5-6-15(14)20/h4-6,8-10H,1,7H2,2-3H3. The number of thiazole rings is 1. The van der Waals surface area contributed by atoms with Crippen molar-refractivity contribution in [2.75, 3.05) is 0 Å². The number of amides is 1. The molecule has 0 fully saturated rings. The van der Waals surface area contributed by atoms with Crippen molar-refractivity contribution in [1.82, 2.24) is 4.57 Å². The summed E-state index contributed by atoms with van der Waals surface area (Å²) in [6.45, 7) is 8.27. The molecule has 6 nitrogen and oxygen atoms in total. The van der Waals surface area contributed by atoms with Gasteiger partial charge in [-0.05, 0) is 37.1 Å². The highest BCUT2D eigenvalue weighted by Gasteiger charge is 2.16. The molecule has 1 aromatic heterocycles. The minimum atomic E-state index is -0.623. The van der Waals surface area contributed by atoms with Gasteiger partial charge in [-0.1, -0.05) is 35.1 Å². The van der Waals surface area contributed by atoms with Crippen LogP contribution in [0.4, 0.5) is 5.69 Å². The van der Waals surface area contributed by atoms with Crippen LogP contribution in [0.3, 0.4) is 0 Å². The number of benzene rings is 2. The monoisotopic (exact) mass is 401 g/mol. The molecule has 8 heteroatoms. The lowest BCUT2D eigenvalue weighted by molar-refractivity contribution is -0.384. The van der Waals surface area contributed by atoms with Gasteiger partial charge in [-0.2, -0.15) is 4.99 Å². The Hall–Kier alpha value is -2.77. The Morgan fingerprint density at radius 2 is 2.11 bits per heavy atom. The van der Waals surface area contributed by atoms with E-state index in [4.69, 9.17) is 11.6 Å². The fraction of sp³-hybridized carbons (Fsp3) is 0.158. The van der Waals surface area contributed by atoms with E-state index in [0.717, 1.165) is 27.4 Å². The van der Waals surface area contributed by atoms with Crippen molar-refractivity contribution in [3.05, 3.63) is 79.6 Å². The largest absolute Gasteiger partial charge is 0.312 e. The molecular weight excluding hydrogens is 386 g/mol. The summed E-state index contributed by atoms with van der Waals surface area (Å²) in [7, 11) is 0. The lowest BCUT2D eigenvalue weighted by Crippen LogP contribution is -2.17. The molecule has 0 N–H and O–H groups in total. The van der Waals surface area contributed by atoms with E-state index in [2.05, 4.69) is 17.6 Å². The maximum Gasteiger partial charge on any atom is 0.281 e. The number of nitrogens with zero attached hydrogens (tertiary/aromatic N) is 3. The molecule has 0 saturated carbocycles. The third kappa shape index (κ3) is 3.70. The summed E-state index contributed by atoms with van der Waals surface area (Å²) in [5.41, 5.74) is 2.97. The van der Waals surface area contributed by atoms with E-state index in [-0.39, 0.29) is 16.3 Å². The number of fused-ring (bicyclic) bond motifs is 1. The molecule has 0 spiro atoms. The molecule has 0 bridgehead atoms. The van der Waals surface area contributed by atoms with Crippen LogP contribution in [0.2, 0.25) is 5.02 Å². The zero-order valence-corrected chi connectivity index (χ0v) is 16.3. The van der Waals surface area contributed by atoms with E-state index < -0.39 is 10.8 Å². The van der Waals surface area contributed by atoms with Crippen LogP contribution < -0.4 is 4.80 Å². The van der Waals surface area contributed by atoms with Crippen LogP contribution in [0.1, 0.15) is 21.5 Å². The highest BCUT2D eigenvalue weighted by molar-refractivity contribution is 7.16. The predicted octanol–water partition coefficient (Wildman–Crippen LogP) is 4.81. The summed E-state index contributed by atoms with van der Waals surface area (Å²) in [4.78, 5) is 27.8. The summed E-state index contributed by atoms with van der Waals surface area (Å²) in [6.07, 6.45) is 1.73. The zero-order valence-electron chi connectivity index (χ0n) is 14.7. The maximum absolute atomic E-state index is 12.7. The minimum absolute atomic E-state index is 0.00128. The molecule has 138 valence electrons. The number of aryl methyl sites for hydroxylation is 2. The number of hydrogen-bond acceptors (Lipinski definition) is 4. The Bertz CT molecular complexity index is 1160. The summed E-state index contributed by atoms with van der Waals surface area (Å²) >= 11 is 7.45. The number of aromatic nitrogens is 1. The second-order valence-electron chi connectivity index (χ2n) is 6.05. The molecule has 3 rings (SSSR count). The van der Waals surface area contributed by atoms with Crippen LogP contribution in [0.5, 0.6) is 0 Å². The number of allylic oxidation sites excluding steroid dienone is 1. The van der Waals surface area contributed by atoms with Gasteiger partial charge in [0.1, 0.15) is 0 Å². The lowest BCUT2D eigenvalue weighted by atomic mass is 10.1. The van der Waals surface area contributed by atoms with Gasteiger partial charge in [0.2, 0.25) is 0 Å². The number of carbonyl (C=O) groups excluding carboxylic acids is 1. The number of halogens is 1. The van der Waals surface area contributed by atoms with E-state index in [1.165, 1.54) is 23.5 Å². The normalized spacial score (nSPS) is 11.7. The number of nitro benzene ring substituents is 1. The molecular formula is C19H16ClN3O3S. The van der Waals surface area contributed by atoms with Crippen LogP contribution in [0.25, 0.3) is 10.2 Å². The van der Waals surface area contributed by atoms with Gasteiger partial charge < -0.3 is 4.57 Å². The Labute approximate surface area is 164 Å². The molecule has 0 aliphatic heterocycles. The molecule has 2 aromatic carbocycles. The van der Waals surface area contributed by atoms with Gasteiger partial charge in [0, 0.05) is 18.7 Å². The predicted molar refractivity (Wildman–Crippen MR) is 107 cm³/mol. The number of rotatable bonds is 4. The first-order valence-electron chi connectivity index (χ1n) is 8.06. The molecule has 27 heavy (non-hydrogen) atoms. The second kappa shape index (κ2) is 7.46. The van der Waals surface area contributed by atoms with Crippen LogP contribution in [-0.4, -0.2) is 15.4 Å². The van der Waals surface area contributed by atoms with Crippen LogP contribution in [-0.2, 0) is 6.54 Å². The molecule has 0 aliphatic rings. The Morgan fingerprint density at radius 3 is 2.78 bits per heavy atom. The van der Waals surface area contributed by atoms with Gasteiger partial charge in [-0.3, -0.25) is 14.9 Å². The first-order valence-corrected chi connectivity index (χ1v) is 9.25. The van der Waals surface area contributed by atoms with Crippen molar-refractivity contribution < 1.29 is 9.72 Å². The SMILES string of the molecule is C=CCn1c(=NC(=O)c2cc([N+](=O)[O-])ccc2Cl)sc2cc(C)cc(C)c21. The topological polar surface area (TPSA) is 77.5 Å². The van der Waals surface area contributed by atoms with Crippen molar-refractivity contribution in [1.29, 1.82) is 0 Å². The number of nitro groups is 1. The van der Waals surface area contributed by atoms with Gasteiger partial charge in [0.25, 0.3) is 11.6 Å². The van der Waals surface area contributed by atoms with E-state index in [0.29, 0.717) is 11.3 Å². The molecule has 1 amide bonds. The minimum Gasteiger partial charge on any atom is -0.312 e. The fourth-order valence-electron chi connectivity index (χ4n) is 2.91. The Balaban J connectivity index is 2.21. The van der Waals surface area contributed by atoms with Crippen LogP contribution >= 0.6 is 22.9 Å². The van der Waals surface area contributed by atoms with Gasteiger partial charge >= 0.3 is 0 Å². The highest BCUT2D eigenvalue weighted by atomic mass is 35.5. The second-order valence-corrected chi connectivity index (χ2v) is 7.47. The summed E-state index contributed by atoms with van der Waals surface area (Å²) in [5, 5.41) is 11.1. The van der Waals surface area contributed by atoms with Crippen molar-refractivity contribution in [3.63, 3.8) is 0 Å². The van der Waals surface area contributed by atoms with Crippen LogP contribution in [0, 0.1) is 24.0 Å². The van der Waals surface area contributed by atoms with Crippen molar-refractivity contribution in [2.45, 2.75) is 20.4 Å². The zero-order chi connectivity index (χ0) is 19.7. The van der Waals surface area contributed by atoms with Crippen molar-refractivity contribution in [3.8, 4) is 0 Å². The van der Waals surface area contributed by atoms with Gasteiger partial charge in [0.05, 0.1) is 25.7 Å². The van der Waals surface area contributed by atoms with Gasteiger partial charge in [0.15, 0.2) is 4.80 Å². The average Bonchev–Trinajstić information content (AvgIpc) is 2.92. The first-order chi connectivity index (χ1) is 12.8. The van der Waals surface area contributed by atoms with Crippen molar-refractivity contribution >= 4 is 44.7 Å². The molecule has 0 aliphatic carbocycles. The summed E-state index contributed by atoms with van der Waals surface area (Å²) < 4.78 is 2.91. The summed E-state index contributed by atoms with van der Waals surface area (Å²) in [5.74, 6) is -0.623. The highest BCUT2D eigenvalue weighted by Crippen LogP contribution is 2.25. The third-order valence-electron chi connectivity index (χ3n) is 4.01. The molecule has 0 radical (unpaired) electrons. The molecule has 0 unspecified atom stereocenters. The summed E-state index contributed by atoms with van der Waals surface area (Å²) in [6, 6.07) is 7.84. The molecule has 0 saturated heterocycles. The number of hydrogen-bond donors (Lipinski definition) is 0. The molecule has 3 aromatic rings. The van der Waals surface area contributed by atoms with Gasteiger partial charge in [-0.25, -0.2) is 0 Å². The Morgan fingerprint density at radius 1 is 1.37 bits per heavy atom. The average molecular weight is 402 g/mol. The van der Waals surface area contributed by atoms with E-state index >= 15 is 0 Å².